The Labute approximate surface area is 178 Å². The first kappa shape index (κ1) is 21.3. The molecule has 29 heavy (non-hydrogen) atoms. The monoisotopic (exact) mass is 461 g/mol. The van der Waals surface area contributed by atoms with Gasteiger partial charge in [0.1, 0.15) is 5.75 Å². The molecule has 1 heterocycles. The van der Waals surface area contributed by atoms with Crippen LogP contribution in [0.15, 0.2) is 46.9 Å². The van der Waals surface area contributed by atoms with Crippen LogP contribution >= 0.6 is 15.9 Å². The number of nitrogens with zero attached hydrogens (tertiary/aromatic N) is 1. The zero-order chi connectivity index (χ0) is 20.6. The van der Waals surface area contributed by atoms with Gasteiger partial charge in [0.2, 0.25) is 0 Å². The number of hydrogen-bond donors (Lipinski definition) is 2. The molecule has 1 aliphatic rings. The van der Waals surface area contributed by atoms with Crippen molar-refractivity contribution in [2.24, 2.45) is 0 Å². The third kappa shape index (κ3) is 5.79. The maximum atomic E-state index is 12.6. The number of carbonyl (C=O) groups is 2. The topological polar surface area (TPSA) is 79.9 Å². The first-order valence-electron chi connectivity index (χ1n) is 9.40. The van der Waals surface area contributed by atoms with E-state index in [-0.39, 0.29) is 11.8 Å². The van der Waals surface area contributed by atoms with Gasteiger partial charge in [0, 0.05) is 31.7 Å². The Bertz CT molecular complexity index is 869. The summed E-state index contributed by atoms with van der Waals surface area (Å²) in [6.07, 6.45) is 0. The Kier molecular flexibility index (Phi) is 7.62. The fourth-order valence-corrected chi connectivity index (χ4v) is 3.58. The van der Waals surface area contributed by atoms with Crippen LogP contribution in [0.4, 0.5) is 5.69 Å². The summed E-state index contributed by atoms with van der Waals surface area (Å²) in [5, 5.41) is 5.75. The predicted molar refractivity (Wildman–Crippen MR) is 115 cm³/mol. The highest BCUT2D eigenvalue weighted by atomic mass is 79.9. The fraction of sp³-hybridized carbons (Fsp3) is 0.333. The highest BCUT2D eigenvalue weighted by Gasteiger charge is 2.16. The number of anilines is 1. The zero-order valence-electron chi connectivity index (χ0n) is 16.2. The van der Waals surface area contributed by atoms with E-state index in [1.54, 1.807) is 49.6 Å². The minimum atomic E-state index is -0.304. The maximum Gasteiger partial charge on any atom is 0.255 e. The van der Waals surface area contributed by atoms with Crippen molar-refractivity contribution in [3.05, 3.63) is 58.1 Å². The van der Waals surface area contributed by atoms with Crippen molar-refractivity contribution in [1.29, 1.82) is 0 Å². The molecule has 2 amide bonds. The summed E-state index contributed by atoms with van der Waals surface area (Å²) in [6.45, 7) is 4.50. The van der Waals surface area contributed by atoms with Crippen LogP contribution in [-0.2, 0) is 4.74 Å². The van der Waals surface area contributed by atoms with Crippen molar-refractivity contribution in [3.8, 4) is 5.75 Å². The first-order chi connectivity index (χ1) is 14.1. The van der Waals surface area contributed by atoms with Gasteiger partial charge in [-0.3, -0.25) is 14.5 Å². The van der Waals surface area contributed by atoms with E-state index < -0.39 is 0 Å². The normalized spacial score (nSPS) is 14.3. The fourth-order valence-electron chi connectivity index (χ4n) is 3.04. The number of benzene rings is 2. The number of ether oxygens (including phenoxy) is 2. The summed E-state index contributed by atoms with van der Waals surface area (Å²) < 4.78 is 11.2. The summed E-state index contributed by atoms with van der Waals surface area (Å²) >= 11 is 3.38. The average molecular weight is 462 g/mol. The van der Waals surface area contributed by atoms with Crippen LogP contribution in [0.5, 0.6) is 5.75 Å². The van der Waals surface area contributed by atoms with Crippen LogP contribution in [-0.4, -0.2) is 63.2 Å². The number of morpholine rings is 1. The molecule has 1 fully saturated rings. The van der Waals surface area contributed by atoms with E-state index in [0.29, 0.717) is 33.6 Å². The molecule has 154 valence electrons. The van der Waals surface area contributed by atoms with E-state index in [1.165, 1.54) is 0 Å². The van der Waals surface area contributed by atoms with Gasteiger partial charge in [-0.25, -0.2) is 0 Å². The van der Waals surface area contributed by atoms with Crippen LogP contribution < -0.4 is 15.4 Å². The third-order valence-corrected chi connectivity index (χ3v) is 5.27. The molecule has 0 saturated carbocycles. The Hall–Kier alpha value is -2.42. The summed E-state index contributed by atoms with van der Waals surface area (Å²) in [4.78, 5) is 27.5. The third-order valence-electron chi connectivity index (χ3n) is 4.65. The van der Waals surface area contributed by atoms with Gasteiger partial charge < -0.3 is 20.1 Å². The van der Waals surface area contributed by atoms with E-state index >= 15 is 0 Å². The molecule has 0 aliphatic carbocycles. The maximum absolute atomic E-state index is 12.6. The minimum absolute atomic E-state index is 0.218. The van der Waals surface area contributed by atoms with Gasteiger partial charge in [0.15, 0.2) is 0 Å². The van der Waals surface area contributed by atoms with E-state index in [1.807, 2.05) is 0 Å². The molecule has 7 nitrogen and oxygen atoms in total. The summed E-state index contributed by atoms with van der Waals surface area (Å²) in [7, 11) is 1.56. The molecule has 0 atom stereocenters. The lowest BCUT2D eigenvalue weighted by molar-refractivity contribution is 0.0383. The van der Waals surface area contributed by atoms with E-state index in [0.717, 1.165) is 32.8 Å². The van der Waals surface area contributed by atoms with Gasteiger partial charge in [-0.2, -0.15) is 0 Å². The predicted octanol–water partition coefficient (Wildman–Crippen LogP) is 2.77. The van der Waals surface area contributed by atoms with E-state index in [4.69, 9.17) is 9.47 Å². The van der Waals surface area contributed by atoms with Crippen molar-refractivity contribution in [1.82, 2.24) is 10.2 Å². The number of carbonyl (C=O) groups excluding carboxylic acids is 2. The zero-order valence-corrected chi connectivity index (χ0v) is 17.8. The lowest BCUT2D eigenvalue weighted by atomic mass is 10.1. The minimum Gasteiger partial charge on any atom is -0.496 e. The van der Waals surface area contributed by atoms with Gasteiger partial charge in [-0.05, 0) is 46.3 Å². The van der Waals surface area contributed by atoms with Gasteiger partial charge in [-0.15, -0.1) is 0 Å². The molecule has 0 spiro atoms. The van der Waals surface area contributed by atoms with E-state index in [2.05, 4.69) is 31.5 Å². The second-order valence-corrected chi connectivity index (χ2v) is 7.41. The molecule has 1 aliphatic heterocycles. The first-order valence-corrected chi connectivity index (χ1v) is 10.2. The van der Waals surface area contributed by atoms with E-state index in [9.17, 15) is 9.59 Å². The van der Waals surface area contributed by atoms with Crippen LogP contribution in [0, 0.1) is 0 Å². The molecule has 0 unspecified atom stereocenters. The Morgan fingerprint density at radius 3 is 2.62 bits per heavy atom. The van der Waals surface area contributed by atoms with Crippen molar-refractivity contribution >= 4 is 33.4 Å². The van der Waals surface area contributed by atoms with Crippen molar-refractivity contribution in [2.75, 3.05) is 51.8 Å². The Morgan fingerprint density at radius 2 is 1.90 bits per heavy atom. The number of para-hydroxylation sites is 1. The van der Waals surface area contributed by atoms with Gasteiger partial charge in [-0.1, -0.05) is 12.1 Å². The highest BCUT2D eigenvalue weighted by Crippen LogP contribution is 2.26. The summed E-state index contributed by atoms with van der Waals surface area (Å²) in [6, 6.07) is 12.0. The number of methoxy groups -OCH3 is 1. The molecule has 8 heteroatoms. The molecule has 0 aromatic heterocycles. The molecular formula is C21H24BrN3O4. The number of halogens is 1. The van der Waals surface area contributed by atoms with Crippen molar-refractivity contribution in [3.63, 3.8) is 0 Å². The Balaban J connectivity index is 1.62. The summed E-state index contributed by atoms with van der Waals surface area (Å²) in [5.41, 5.74) is 1.35. The standard InChI is InChI=1S/C21H24BrN3O4/c1-28-19-7-6-15(14-17(19)22)20(26)24-18-5-3-2-4-16(18)21(27)23-8-9-25-10-12-29-13-11-25/h2-7,14H,8-13H2,1H3,(H,23,27)(H,24,26). The molecule has 0 bridgehead atoms. The van der Waals surface area contributed by atoms with Crippen molar-refractivity contribution in [2.45, 2.75) is 0 Å². The average Bonchev–Trinajstić information content (AvgIpc) is 2.74. The number of rotatable bonds is 7. The van der Waals surface area contributed by atoms with Gasteiger partial charge in [0.25, 0.3) is 11.8 Å². The quantitative estimate of drug-likeness (QED) is 0.662. The molecule has 3 rings (SSSR count). The van der Waals surface area contributed by atoms with Crippen LogP contribution in [0.2, 0.25) is 0 Å². The highest BCUT2D eigenvalue weighted by molar-refractivity contribution is 9.10. The molecule has 0 radical (unpaired) electrons. The smallest absolute Gasteiger partial charge is 0.255 e. The largest absolute Gasteiger partial charge is 0.496 e. The lowest BCUT2D eigenvalue weighted by Crippen LogP contribution is -2.41. The lowest BCUT2D eigenvalue weighted by Gasteiger charge is -2.26. The molecule has 2 aromatic carbocycles. The molecule has 2 N–H and O–H groups in total. The Morgan fingerprint density at radius 1 is 1.14 bits per heavy atom. The molecular weight excluding hydrogens is 438 g/mol. The second-order valence-electron chi connectivity index (χ2n) is 6.56. The van der Waals surface area contributed by atoms with Gasteiger partial charge >= 0.3 is 0 Å². The van der Waals surface area contributed by atoms with Crippen LogP contribution in [0.3, 0.4) is 0 Å². The van der Waals surface area contributed by atoms with Crippen LogP contribution in [0.1, 0.15) is 20.7 Å². The summed E-state index contributed by atoms with van der Waals surface area (Å²) in [5.74, 6) is 0.119. The second kappa shape index (κ2) is 10.4. The molecule has 1 saturated heterocycles. The number of nitrogens with one attached hydrogen (secondary N) is 2. The number of hydrogen-bond acceptors (Lipinski definition) is 5. The SMILES string of the molecule is COc1ccc(C(=O)Nc2ccccc2C(=O)NCCN2CCOCC2)cc1Br. The number of amides is 2. The van der Waals surface area contributed by atoms with Crippen molar-refractivity contribution < 1.29 is 19.1 Å². The molecule has 2 aromatic rings. The van der Waals surface area contributed by atoms with Gasteiger partial charge in [0.05, 0.1) is 36.0 Å². The van der Waals surface area contributed by atoms with Crippen LogP contribution in [0.25, 0.3) is 0 Å².